The summed E-state index contributed by atoms with van der Waals surface area (Å²) in [7, 11) is 0. The van der Waals surface area contributed by atoms with Crippen LogP contribution in [0, 0.1) is 0 Å². The molecule has 54 heavy (non-hydrogen) atoms. The second kappa shape index (κ2) is 14.7. The van der Waals surface area contributed by atoms with Gasteiger partial charge in [0, 0.05) is 34.6 Å². The first kappa shape index (κ1) is 32.6. The molecule has 0 atom stereocenters. The lowest BCUT2D eigenvalue weighted by Gasteiger charge is -2.15. The Hall–Kier alpha value is -7.30. The van der Waals surface area contributed by atoms with Crippen molar-refractivity contribution in [2.24, 2.45) is 0 Å². The molecular weight excluding hydrogens is 657 g/mol. The van der Waals surface area contributed by atoms with Crippen molar-refractivity contribution in [2.45, 2.75) is 0 Å². The van der Waals surface area contributed by atoms with E-state index >= 15 is 0 Å². The van der Waals surface area contributed by atoms with Gasteiger partial charge >= 0.3 is 0 Å². The van der Waals surface area contributed by atoms with Crippen LogP contribution in [0.1, 0.15) is 0 Å². The van der Waals surface area contributed by atoms with E-state index in [-0.39, 0.29) is 0 Å². The molecule has 0 aliphatic rings. The average molecular weight is 691 g/mol. The highest BCUT2D eigenvalue weighted by Crippen LogP contribution is 2.37. The van der Waals surface area contributed by atoms with Gasteiger partial charge in [-0.3, -0.25) is 0 Å². The average Bonchev–Trinajstić information content (AvgIpc) is 3.27. The first-order valence-electron chi connectivity index (χ1n) is 18.0. The van der Waals surface area contributed by atoms with Crippen molar-refractivity contribution < 1.29 is 0 Å². The number of benzene rings is 7. The van der Waals surface area contributed by atoms with Gasteiger partial charge in [-0.15, -0.1) is 0 Å². The zero-order chi connectivity index (χ0) is 36.1. The Morgan fingerprint density at radius 1 is 0.241 bits per heavy atom. The van der Waals surface area contributed by atoms with Crippen molar-refractivity contribution in [2.75, 3.05) is 0 Å². The molecule has 2 heterocycles. The molecule has 4 nitrogen and oxygen atoms in total. The molecule has 9 aromatic rings. The van der Waals surface area contributed by atoms with Crippen LogP contribution >= 0.6 is 0 Å². The molecule has 7 aromatic carbocycles. The molecule has 0 amide bonds. The van der Waals surface area contributed by atoms with E-state index in [1.165, 1.54) is 0 Å². The number of rotatable bonds is 8. The van der Waals surface area contributed by atoms with E-state index in [1.807, 2.05) is 18.5 Å². The number of hydrogen-bond acceptors (Lipinski definition) is 4. The van der Waals surface area contributed by atoms with Crippen LogP contribution in [0.4, 0.5) is 0 Å². The molecule has 2 aromatic heterocycles. The Kier molecular flexibility index (Phi) is 8.90. The molecule has 0 unspecified atom stereocenters. The topological polar surface area (TPSA) is 51.6 Å². The van der Waals surface area contributed by atoms with Crippen LogP contribution in [-0.4, -0.2) is 19.9 Å². The summed E-state index contributed by atoms with van der Waals surface area (Å²) in [5, 5.41) is 0. The SMILES string of the molecule is c1ccc(-c2cc(-c3ccccc3)cc(-c3cc(-c4cc(-c5ccccc5)cc(-c5ccccc5)c4)nc(-c4cccc(-c5cncnc5)c4)n3)c2)cc1. The summed E-state index contributed by atoms with van der Waals surface area (Å²) in [6, 6.07) is 66.1. The van der Waals surface area contributed by atoms with E-state index in [4.69, 9.17) is 9.97 Å². The minimum atomic E-state index is 0.638. The molecule has 0 radical (unpaired) electrons. The lowest BCUT2D eigenvalue weighted by atomic mass is 9.93. The van der Waals surface area contributed by atoms with Crippen LogP contribution in [-0.2, 0) is 0 Å². The van der Waals surface area contributed by atoms with E-state index in [0.717, 1.165) is 83.7 Å². The molecule has 0 fully saturated rings. The maximum absolute atomic E-state index is 5.32. The molecule has 0 aliphatic heterocycles. The standard InChI is InChI=1S/C50H34N4/c1-5-14-35(15-6-1)41-25-42(36-16-7-2-8-17-36)28-45(27-41)48-31-49(54-50(53-48)40-23-13-22-39(24-40)47-32-51-34-52-33-47)46-29-43(37-18-9-3-10-19-37)26-44(30-46)38-20-11-4-12-21-38/h1-34H. The quantitative estimate of drug-likeness (QED) is 0.159. The molecule has 254 valence electrons. The van der Waals surface area contributed by atoms with Crippen molar-refractivity contribution in [1.29, 1.82) is 0 Å². The summed E-state index contributed by atoms with van der Waals surface area (Å²) in [4.78, 5) is 19.2. The van der Waals surface area contributed by atoms with Gasteiger partial charge < -0.3 is 0 Å². The fraction of sp³-hybridized carbons (Fsp3) is 0. The predicted molar refractivity (Wildman–Crippen MR) is 221 cm³/mol. The van der Waals surface area contributed by atoms with Crippen LogP contribution in [0.5, 0.6) is 0 Å². The third kappa shape index (κ3) is 6.97. The molecule has 0 bridgehead atoms. The van der Waals surface area contributed by atoms with Crippen molar-refractivity contribution in [3.8, 4) is 89.5 Å². The van der Waals surface area contributed by atoms with Gasteiger partial charge in [0.05, 0.1) is 11.4 Å². The normalized spacial score (nSPS) is 11.0. The minimum Gasteiger partial charge on any atom is -0.244 e. The Morgan fingerprint density at radius 2 is 0.574 bits per heavy atom. The van der Waals surface area contributed by atoms with E-state index in [0.29, 0.717) is 5.82 Å². The van der Waals surface area contributed by atoms with Gasteiger partial charge in [-0.05, 0) is 98.6 Å². The summed E-state index contributed by atoms with van der Waals surface area (Å²) in [6.07, 6.45) is 5.21. The van der Waals surface area contributed by atoms with Crippen LogP contribution < -0.4 is 0 Å². The molecule has 0 N–H and O–H groups in total. The summed E-state index contributed by atoms with van der Waals surface area (Å²) in [5.74, 6) is 0.638. The highest BCUT2D eigenvalue weighted by molar-refractivity contribution is 5.85. The molecule has 0 spiro atoms. The lowest BCUT2D eigenvalue weighted by molar-refractivity contribution is 1.17. The van der Waals surface area contributed by atoms with E-state index < -0.39 is 0 Å². The summed E-state index contributed by atoms with van der Waals surface area (Å²) < 4.78 is 0. The van der Waals surface area contributed by atoms with E-state index in [1.54, 1.807) is 6.33 Å². The monoisotopic (exact) mass is 690 g/mol. The van der Waals surface area contributed by atoms with E-state index in [2.05, 4.69) is 192 Å². The van der Waals surface area contributed by atoms with Crippen molar-refractivity contribution in [1.82, 2.24) is 19.9 Å². The zero-order valence-electron chi connectivity index (χ0n) is 29.4. The molecule has 0 aliphatic carbocycles. The van der Waals surface area contributed by atoms with Gasteiger partial charge in [-0.1, -0.05) is 140 Å². The summed E-state index contributed by atoms with van der Waals surface area (Å²) >= 11 is 0. The molecule has 4 heteroatoms. The van der Waals surface area contributed by atoms with Gasteiger partial charge in [0.25, 0.3) is 0 Å². The largest absolute Gasteiger partial charge is 0.244 e. The van der Waals surface area contributed by atoms with Gasteiger partial charge in [-0.2, -0.15) is 0 Å². The third-order valence-electron chi connectivity index (χ3n) is 9.63. The first-order chi connectivity index (χ1) is 26.7. The van der Waals surface area contributed by atoms with Crippen molar-refractivity contribution in [3.05, 3.63) is 207 Å². The van der Waals surface area contributed by atoms with Crippen LogP contribution in [0.2, 0.25) is 0 Å². The first-order valence-corrected chi connectivity index (χ1v) is 18.0. The second-order valence-electron chi connectivity index (χ2n) is 13.2. The number of aromatic nitrogens is 4. The van der Waals surface area contributed by atoms with E-state index in [9.17, 15) is 0 Å². The second-order valence-corrected chi connectivity index (χ2v) is 13.2. The maximum Gasteiger partial charge on any atom is 0.160 e. The number of nitrogens with zero attached hydrogens (tertiary/aromatic N) is 4. The Bertz CT molecular complexity index is 2420. The van der Waals surface area contributed by atoms with Crippen LogP contribution in [0.15, 0.2) is 207 Å². The van der Waals surface area contributed by atoms with Gasteiger partial charge in [0.1, 0.15) is 6.33 Å². The Balaban J connectivity index is 1.28. The smallest absolute Gasteiger partial charge is 0.160 e. The van der Waals surface area contributed by atoms with Gasteiger partial charge in [0.2, 0.25) is 0 Å². The summed E-state index contributed by atoms with van der Waals surface area (Å²) in [6.45, 7) is 0. The fourth-order valence-corrected chi connectivity index (χ4v) is 6.90. The number of hydrogen-bond donors (Lipinski definition) is 0. The predicted octanol–water partition coefficient (Wildman–Crippen LogP) is 12.6. The van der Waals surface area contributed by atoms with Gasteiger partial charge in [-0.25, -0.2) is 19.9 Å². The lowest BCUT2D eigenvalue weighted by Crippen LogP contribution is -1.97. The van der Waals surface area contributed by atoms with Crippen molar-refractivity contribution in [3.63, 3.8) is 0 Å². The van der Waals surface area contributed by atoms with Crippen LogP contribution in [0.3, 0.4) is 0 Å². The van der Waals surface area contributed by atoms with Crippen LogP contribution in [0.25, 0.3) is 89.5 Å². The Labute approximate surface area is 315 Å². The van der Waals surface area contributed by atoms with Gasteiger partial charge in [0.15, 0.2) is 5.82 Å². The minimum absolute atomic E-state index is 0.638. The third-order valence-corrected chi connectivity index (χ3v) is 9.63. The maximum atomic E-state index is 5.32. The highest BCUT2D eigenvalue weighted by Gasteiger charge is 2.16. The fourth-order valence-electron chi connectivity index (χ4n) is 6.90. The van der Waals surface area contributed by atoms with Crippen molar-refractivity contribution >= 4 is 0 Å². The highest BCUT2D eigenvalue weighted by atomic mass is 14.9. The molecule has 9 rings (SSSR count). The molecule has 0 saturated carbocycles. The summed E-state index contributed by atoms with van der Waals surface area (Å²) in [5.41, 5.74) is 15.6. The Morgan fingerprint density at radius 3 is 0.981 bits per heavy atom. The zero-order valence-corrected chi connectivity index (χ0v) is 29.4. The molecular formula is C50H34N4. The molecule has 0 saturated heterocycles.